The Kier molecular flexibility index (Phi) is 6.32. The monoisotopic (exact) mass is 238 g/mol. The van der Waals surface area contributed by atoms with Crippen molar-refractivity contribution in [2.24, 2.45) is 0 Å². The number of hydrogen-bond acceptors (Lipinski definition) is 5. The molecule has 96 valence electrons. The van der Waals surface area contributed by atoms with Gasteiger partial charge in [-0.15, -0.1) is 0 Å². The van der Waals surface area contributed by atoms with Crippen molar-refractivity contribution in [3.63, 3.8) is 0 Å². The van der Waals surface area contributed by atoms with Gasteiger partial charge in [-0.25, -0.2) is 4.98 Å². The van der Waals surface area contributed by atoms with E-state index >= 15 is 0 Å². The summed E-state index contributed by atoms with van der Waals surface area (Å²) >= 11 is 0. The van der Waals surface area contributed by atoms with Crippen molar-refractivity contribution >= 4 is 11.8 Å². The smallest absolute Gasteiger partial charge is 0.224 e. The van der Waals surface area contributed by atoms with E-state index in [2.05, 4.69) is 34.0 Å². The Balaban J connectivity index is 2.66. The molecule has 0 bridgehead atoms. The van der Waals surface area contributed by atoms with Crippen LogP contribution in [0.5, 0.6) is 0 Å². The van der Waals surface area contributed by atoms with Crippen LogP contribution in [-0.4, -0.2) is 43.3 Å². The molecule has 1 N–H and O–H groups in total. The lowest BCUT2D eigenvalue weighted by molar-refractivity contribution is 0.205. The fraction of sp³-hybridized carbons (Fsp3) is 0.667. The number of hydrogen-bond donors (Lipinski definition) is 1. The molecule has 0 aliphatic heterocycles. The number of nitrogens with one attached hydrogen (secondary N) is 1. The van der Waals surface area contributed by atoms with Gasteiger partial charge in [-0.1, -0.05) is 6.92 Å². The highest BCUT2D eigenvalue weighted by atomic mass is 16.5. The van der Waals surface area contributed by atoms with Crippen molar-refractivity contribution in [3.8, 4) is 0 Å². The van der Waals surface area contributed by atoms with Gasteiger partial charge in [-0.3, -0.25) is 0 Å². The third-order valence-corrected chi connectivity index (χ3v) is 2.45. The normalized spacial score (nSPS) is 10.3. The molecule has 0 atom stereocenters. The second-order valence-corrected chi connectivity index (χ2v) is 3.74. The van der Waals surface area contributed by atoms with E-state index in [0.29, 0.717) is 12.6 Å². The van der Waals surface area contributed by atoms with E-state index in [1.807, 2.05) is 6.07 Å². The Morgan fingerprint density at radius 1 is 1.41 bits per heavy atom. The fourth-order valence-corrected chi connectivity index (χ4v) is 1.48. The lowest BCUT2D eigenvalue weighted by Crippen LogP contribution is -2.28. The van der Waals surface area contributed by atoms with Crippen molar-refractivity contribution in [1.82, 2.24) is 9.97 Å². The number of nitrogens with zero attached hydrogens (tertiary/aromatic N) is 3. The number of methoxy groups -OCH3 is 1. The Morgan fingerprint density at radius 2 is 2.24 bits per heavy atom. The predicted octanol–water partition coefficient (Wildman–Crippen LogP) is 1.77. The molecular weight excluding hydrogens is 216 g/mol. The quantitative estimate of drug-likeness (QED) is 0.748. The zero-order valence-electron chi connectivity index (χ0n) is 10.9. The minimum Gasteiger partial charge on any atom is -0.383 e. The highest BCUT2D eigenvalue weighted by Gasteiger charge is 2.06. The first-order valence-corrected chi connectivity index (χ1v) is 6.12. The van der Waals surface area contributed by atoms with E-state index in [0.717, 1.165) is 31.9 Å². The van der Waals surface area contributed by atoms with Crippen LogP contribution in [0.2, 0.25) is 0 Å². The van der Waals surface area contributed by atoms with Gasteiger partial charge in [-0.05, 0) is 19.4 Å². The Bertz CT molecular complexity index is 319. The van der Waals surface area contributed by atoms with E-state index < -0.39 is 0 Å². The number of ether oxygens (including phenoxy) is 1. The maximum Gasteiger partial charge on any atom is 0.224 e. The molecule has 1 rings (SSSR count). The molecule has 1 heterocycles. The van der Waals surface area contributed by atoms with Gasteiger partial charge in [0.25, 0.3) is 0 Å². The molecular formula is C12H22N4O. The third kappa shape index (κ3) is 4.56. The molecule has 0 saturated carbocycles. The van der Waals surface area contributed by atoms with Crippen LogP contribution >= 0.6 is 0 Å². The zero-order valence-corrected chi connectivity index (χ0v) is 10.9. The fourth-order valence-electron chi connectivity index (χ4n) is 1.48. The predicted molar refractivity (Wildman–Crippen MR) is 70.6 cm³/mol. The van der Waals surface area contributed by atoms with E-state index in [-0.39, 0.29) is 0 Å². The summed E-state index contributed by atoms with van der Waals surface area (Å²) in [6, 6.07) is 1.93. The van der Waals surface area contributed by atoms with Gasteiger partial charge >= 0.3 is 0 Å². The number of anilines is 2. The molecule has 0 amide bonds. The average molecular weight is 238 g/mol. The van der Waals surface area contributed by atoms with Crippen molar-refractivity contribution in [2.45, 2.75) is 20.3 Å². The average Bonchev–Trinajstić information content (AvgIpc) is 2.38. The summed E-state index contributed by atoms with van der Waals surface area (Å²) in [5, 5.41) is 3.19. The van der Waals surface area contributed by atoms with E-state index in [1.54, 1.807) is 13.3 Å². The zero-order chi connectivity index (χ0) is 12.5. The molecule has 0 aliphatic carbocycles. The molecule has 0 unspecified atom stereocenters. The van der Waals surface area contributed by atoms with Crippen molar-refractivity contribution < 1.29 is 4.74 Å². The van der Waals surface area contributed by atoms with Gasteiger partial charge in [0.2, 0.25) is 5.95 Å². The van der Waals surface area contributed by atoms with Crippen LogP contribution in [-0.2, 0) is 4.74 Å². The van der Waals surface area contributed by atoms with Gasteiger partial charge < -0.3 is 15.0 Å². The van der Waals surface area contributed by atoms with Gasteiger partial charge in [0.1, 0.15) is 5.82 Å². The van der Waals surface area contributed by atoms with Crippen LogP contribution in [0.3, 0.4) is 0 Å². The number of rotatable bonds is 8. The van der Waals surface area contributed by atoms with Crippen LogP contribution in [0.25, 0.3) is 0 Å². The maximum atomic E-state index is 5.09. The summed E-state index contributed by atoms with van der Waals surface area (Å²) in [5.41, 5.74) is 0. The number of aromatic nitrogens is 2. The Labute approximate surface area is 103 Å². The summed E-state index contributed by atoms with van der Waals surface area (Å²) in [5.74, 6) is 1.64. The van der Waals surface area contributed by atoms with E-state index in [9.17, 15) is 0 Å². The lowest BCUT2D eigenvalue weighted by Gasteiger charge is -2.21. The first kappa shape index (κ1) is 13.7. The second kappa shape index (κ2) is 7.84. The third-order valence-electron chi connectivity index (χ3n) is 2.45. The minimum absolute atomic E-state index is 0.695. The van der Waals surface area contributed by atoms with E-state index in [1.165, 1.54) is 0 Å². The van der Waals surface area contributed by atoms with Crippen molar-refractivity contribution in [2.75, 3.05) is 43.6 Å². The summed E-state index contributed by atoms with van der Waals surface area (Å²) in [6.07, 6.45) is 2.85. The van der Waals surface area contributed by atoms with Crippen molar-refractivity contribution in [3.05, 3.63) is 12.3 Å². The van der Waals surface area contributed by atoms with Gasteiger partial charge in [0.15, 0.2) is 0 Å². The first-order valence-electron chi connectivity index (χ1n) is 6.12. The molecule has 0 radical (unpaired) electrons. The second-order valence-electron chi connectivity index (χ2n) is 3.74. The van der Waals surface area contributed by atoms with Crippen LogP contribution in [0.4, 0.5) is 11.8 Å². The summed E-state index contributed by atoms with van der Waals surface area (Å²) in [4.78, 5) is 10.8. The largest absolute Gasteiger partial charge is 0.383 e. The molecule has 0 saturated heterocycles. The van der Waals surface area contributed by atoms with Gasteiger partial charge in [-0.2, -0.15) is 4.98 Å². The Morgan fingerprint density at radius 3 is 2.88 bits per heavy atom. The van der Waals surface area contributed by atoms with Crippen LogP contribution in [0.15, 0.2) is 12.3 Å². The summed E-state index contributed by atoms with van der Waals surface area (Å²) in [6.45, 7) is 7.58. The highest BCUT2D eigenvalue weighted by Crippen LogP contribution is 2.11. The van der Waals surface area contributed by atoms with Crippen molar-refractivity contribution in [1.29, 1.82) is 0 Å². The van der Waals surface area contributed by atoms with Crippen LogP contribution < -0.4 is 10.2 Å². The first-order chi connectivity index (χ1) is 8.31. The van der Waals surface area contributed by atoms with Gasteiger partial charge in [0, 0.05) is 32.9 Å². The van der Waals surface area contributed by atoms with Crippen LogP contribution in [0.1, 0.15) is 20.3 Å². The molecule has 0 spiro atoms. The van der Waals surface area contributed by atoms with Gasteiger partial charge in [0.05, 0.1) is 6.61 Å². The molecule has 1 aromatic rings. The SMILES string of the molecule is CCCNc1nccc(N(CC)CCOC)n1. The van der Waals surface area contributed by atoms with Crippen LogP contribution in [0, 0.1) is 0 Å². The molecule has 5 nitrogen and oxygen atoms in total. The summed E-state index contributed by atoms with van der Waals surface area (Å²) in [7, 11) is 1.71. The van der Waals surface area contributed by atoms with E-state index in [4.69, 9.17) is 4.74 Å². The molecule has 0 fully saturated rings. The molecule has 1 aromatic heterocycles. The number of likely N-dealkylation sites (N-methyl/N-ethyl adjacent to an activating group) is 1. The minimum atomic E-state index is 0.695. The lowest BCUT2D eigenvalue weighted by atomic mass is 10.4. The molecule has 0 aromatic carbocycles. The molecule has 17 heavy (non-hydrogen) atoms. The summed E-state index contributed by atoms with van der Waals surface area (Å²) < 4.78 is 5.09. The molecule has 0 aliphatic rings. The highest BCUT2D eigenvalue weighted by molar-refractivity contribution is 5.42. The standard InChI is InChI=1S/C12H22N4O/c1-4-7-13-12-14-8-6-11(15-12)16(5-2)9-10-17-3/h6,8H,4-5,7,9-10H2,1-3H3,(H,13,14,15). The molecule has 5 heteroatoms. The topological polar surface area (TPSA) is 50.3 Å². The maximum absolute atomic E-state index is 5.09. The Hall–Kier alpha value is -1.36.